The van der Waals surface area contributed by atoms with Gasteiger partial charge in [0, 0.05) is 6.42 Å². The summed E-state index contributed by atoms with van der Waals surface area (Å²) in [4.78, 5) is 10.7. The lowest BCUT2D eigenvalue weighted by Gasteiger charge is -2.02. The number of aliphatic hydroxyl groups is 1. The molecule has 0 unspecified atom stereocenters. The SMILES string of the molecule is CCCC(=O)OCCOCO. The zero-order valence-corrected chi connectivity index (χ0v) is 6.71. The quantitative estimate of drug-likeness (QED) is 0.346. The molecule has 4 nitrogen and oxygen atoms in total. The molecular formula is C7H14O4. The second-order valence-corrected chi connectivity index (χ2v) is 2.01. The maximum Gasteiger partial charge on any atom is 0.305 e. The molecule has 0 aliphatic carbocycles. The van der Waals surface area contributed by atoms with E-state index in [9.17, 15) is 4.79 Å². The van der Waals surface area contributed by atoms with Crippen LogP contribution in [0.3, 0.4) is 0 Å². The first-order valence-corrected chi connectivity index (χ1v) is 3.65. The average Bonchev–Trinajstić information content (AvgIpc) is 1.99. The summed E-state index contributed by atoms with van der Waals surface area (Å²) < 4.78 is 9.25. The molecular weight excluding hydrogens is 148 g/mol. The Labute approximate surface area is 66.1 Å². The third-order valence-corrected chi connectivity index (χ3v) is 1.04. The largest absolute Gasteiger partial charge is 0.463 e. The lowest BCUT2D eigenvalue weighted by Crippen LogP contribution is -2.10. The van der Waals surface area contributed by atoms with E-state index in [0.717, 1.165) is 6.42 Å². The number of hydrogen-bond acceptors (Lipinski definition) is 4. The summed E-state index contributed by atoms with van der Waals surface area (Å²) in [6, 6.07) is 0. The van der Waals surface area contributed by atoms with Gasteiger partial charge in [0.15, 0.2) is 0 Å². The van der Waals surface area contributed by atoms with Gasteiger partial charge >= 0.3 is 5.97 Å². The number of aliphatic hydroxyl groups excluding tert-OH is 1. The van der Waals surface area contributed by atoms with Crippen LogP contribution in [0.5, 0.6) is 0 Å². The highest BCUT2D eigenvalue weighted by Crippen LogP contribution is 1.90. The second kappa shape index (κ2) is 7.50. The van der Waals surface area contributed by atoms with Crippen LogP contribution in [0.1, 0.15) is 19.8 Å². The maximum atomic E-state index is 10.7. The third kappa shape index (κ3) is 7.29. The van der Waals surface area contributed by atoms with Crippen molar-refractivity contribution in [3.8, 4) is 0 Å². The molecule has 0 atom stereocenters. The van der Waals surface area contributed by atoms with E-state index in [2.05, 4.69) is 4.74 Å². The van der Waals surface area contributed by atoms with Crippen molar-refractivity contribution in [3.63, 3.8) is 0 Å². The zero-order chi connectivity index (χ0) is 8.53. The summed E-state index contributed by atoms with van der Waals surface area (Å²) in [6.07, 6.45) is 1.23. The number of rotatable bonds is 6. The summed E-state index contributed by atoms with van der Waals surface area (Å²) in [7, 11) is 0. The molecule has 0 aromatic carbocycles. The van der Waals surface area contributed by atoms with Crippen LogP contribution >= 0.6 is 0 Å². The highest BCUT2D eigenvalue weighted by atomic mass is 16.6. The molecule has 11 heavy (non-hydrogen) atoms. The fourth-order valence-corrected chi connectivity index (χ4v) is 0.555. The molecule has 0 spiro atoms. The van der Waals surface area contributed by atoms with Crippen molar-refractivity contribution in [3.05, 3.63) is 0 Å². The van der Waals surface area contributed by atoms with Crippen molar-refractivity contribution in [1.82, 2.24) is 0 Å². The second-order valence-electron chi connectivity index (χ2n) is 2.01. The van der Waals surface area contributed by atoms with Crippen LogP contribution in [-0.4, -0.2) is 31.1 Å². The molecule has 4 heteroatoms. The molecule has 0 aromatic rings. The summed E-state index contributed by atoms with van der Waals surface area (Å²) in [5, 5.41) is 8.17. The minimum Gasteiger partial charge on any atom is -0.463 e. The smallest absolute Gasteiger partial charge is 0.305 e. The van der Waals surface area contributed by atoms with Crippen molar-refractivity contribution in [2.45, 2.75) is 19.8 Å². The number of esters is 1. The van der Waals surface area contributed by atoms with Crippen molar-refractivity contribution < 1.29 is 19.4 Å². The predicted molar refractivity (Wildman–Crippen MR) is 38.9 cm³/mol. The first-order valence-electron chi connectivity index (χ1n) is 3.65. The Balaban J connectivity index is 3.04. The van der Waals surface area contributed by atoms with Crippen LogP contribution in [0.4, 0.5) is 0 Å². The normalized spacial score (nSPS) is 9.64. The topological polar surface area (TPSA) is 55.8 Å². The zero-order valence-electron chi connectivity index (χ0n) is 6.71. The van der Waals surface area contributed by atoms with E-state index < -0.39 is 0 Å². The lowest BCUT2D eigenvalue weighted by molar-refractivity contribution is -0.146. The Morgan fingerprint density at radius 3 is 2.73 bits per heavy atom. The van der Waals surface area contributed by atoms with Crippen LogP contribution in [0.15, 0.2) is 0 Å². The predicted octanol–water partition coefficient (Wildman–Crippen LogP) is 0.296. The standard InChI is InChI=1S/C7H14O4/c1-2-3-7(9)11-5-4-10-6-8/h8H,2-6H2,1H3. The first kappa shape index (κ1) is 10.4. The van der Waals surface area contributed by atoms with Crippen LogP contribution in [-0.2, 0) is 14.3 Å². The summed E-state index contributed by atoms with van der Waals surface area (Å²) in [6.45, 7) is 2.06. The van der Waals surface area contributed by atoms with E-state index in [-0.39, 0.29) is 26.0 Å². The molecule has 0 amide bonds. The highest BCUT2D eigenvalue weighted by molar-refractivity contribution is 5.69. The molecule has 0 saturated carbocycles. The van der Waals surface area contributed by atoms with Gasteiger partial charge in [0.2, 0.25) is 0 Å². The Hall–Kier alpha value is -0.610. The van der Waals surface area contributed by atoms with E-state index in [1.807, 2.05) is 6.92 Å². The first-order chi connectivity index (χ1) is 5.31. The van der Waals surface area contributed by atoms with Gasteiger partial charge in [0.1, 0.15) is 13.4 Å². The minimum absolute atomic E-state index is 0.214. The molecule has 0 aliphatic rings. The maximum absolute atomic E-state index is 10.7. The molecule has 0 aromatic heterocycles. The van der Waals surface area contributed by atoms with Gasteiger partial charge in [0.25, 0.3) is 0 Å². The van der Waals surface area contributed by atoms with Gasteiger partial charge in [-0.2, -0.15) is 0 Å². The Morgan fingerprint density at radius 2 is 2.18 bits per heavy atom. The number of ether oxygens (including phenoxy) is 2. The van der Waals surface area contributed by atoms with Crippen molar-refractivity contribution >= 4 is 5.97 Å². The third-order valence-electron chi connectivity index (χ3n) is 1.04. The monoisotopic (exact) mass is 162 g/mol. The molecule has 0 radical (unpaired) electrons. The average molecular weight is 162 g/mol. The fourth-order valence-electron chi connectivity index (χ4n) is 0.555. The van der Waals surface area contributed by atoms with Crippen LogP contribution in [0.2, 0.25) is 0 Å². The molecule has 0 saturated heterocycles. The van der Waals surface area contributed by atoms with Crippen LogP contribution in [0.25, 0.3) is 0 Å². The van der Waals surface area contributed by atoms with Crippen LogP contribution in [0, 0.1) is 0 Å². The van der Waals surface area contributed by atoms with Crippen molar-refractivity contribution in [2.75, 3.05) is 20.0 Å². The number of carbonyl (C=O) groups excluding carboxylic acids is 1. The van der Waals surface area contributed by atoms with Gasteiger partial charge in [-0.25, -0.2) is 0 Å². The van der Waals surface area contributed by atoms with Gasteiger partial charge in [-0.15, -0.1) is 0 Å². The van der Waals surface area contributed by atoms with Gasteiger partial charge < -0.3 is 14.6 Å². The Morgan fingerprint density at radius 1 is 1.45 bits per heavy atom. The Bertz CT molecular complexity index is 103. The van der Waals surface area contributed by atoms with Crippen LogP contribution < -0.4 is 0 Å². The lowest BCUT2D eigenvalue weighted by atomic mass is 10.3. The van der Waals surface area contributed by atoms with Crippen molar-refractivity contribution in [1.29, 1.82) is 0 Å². The summed E-state index contributed by atoms with van der Waals surface area (Å²) >= 11 is 0. The molecule has 0 fully saturated rings. The molecule has 0 aliphatic heterocycles. The van der Waals surface area contributed by atoms with E-state index in [4.69, 9.17) is 9.84 Å². The van der Waals surface area contributed by atoms with Gasteiger partial charge in [-0.3, -0.25) is 4.79 Å². The van der Waals surface area contributed by atoms with Gasteiger partial charge in [-0.05, 0) is 6.42 Å². The van der Waals surface area contributed by atoms with E-state index in [0.29, 0.717) is 6.42 Å². The van der Waals surface area contributed by atoms with E-state index in [1.54, 1.807) is 0 Å². The van der Waals surface area contributed by atoms with E-state index >= 15 is 0 Å². The molecule has 0 heterocycles. The Kier molecular flexibility index (Phi) is 7.08. The number of carbonyl (C=O) groups is 1. The highest BCUT2D eigenvalue weighted by Gasteiger charge is 1.98. The molecule has 66 valence electrons. The van der Waals surface area contributed by atoms with Gasteiger partial charge in [-0.1, -0.05) is 6.92 Å². The molecule has 0 rings (SSSR count). The fraction of sp³-hybridized carbons (Fsp3) is 0.857. The van der Waals surface area contributed by atoms with E-state index in [1.165, 1.54) is 0 Å². The molecule has 0 bridgehead atoms. The summed E-state index contributed by atoms with van der Waals surface area (Å²) in [5.74, 6) is -0.214. The number of hydrogen-bond donors (Lipinski definition) is 1. The summed E-state index contributed by atoms with van der Waals surface area (Å²) in [5.41, 5.74) is 0. The van der Waals surface area contributed by atoms with Crippen molar-refractivity contribution in [2.24, 2.45) is 0 Å². The molecule has 1 N–H and O–H groups in total. The van der Waals surface area contributed by atoms with Gasteiger partial charge in [0.05, 0.1) is 6.61 Å². The minimum atomic E-state index is -0.328.